The van der Waals surface area contributed by atoms with Crippen molar-refractivity contribution in [2.45, 2.75) is 12.8 Å². The summed E-state index contributed by atoms with van der Waals surface area (Å²) in [6.45, 7) is 8.82. The molecule has 0 fully saturated rings. The largest absolute Gasteiger partial charge is 0.471 e. The van der Waals surface area contributed by atoms with Crippen LogP contribution < -0.4 is 0 Å². The predicted octanol–water partition coefficient (Wildman–Crippen LogP) is 1.52. The second-order valence-electron chi connectivity index (χ2n) is 3.27. The van der Waals surface area contributed by atoms with Crippen LogP contribution in [0.15, 0.2) is 37.1 Å². The highest BCUT2D eigenvalue weighted by Crippen LogP contribution is 2.04. The van der Waals surface area contributed by atoms with Crippen LogP contribution in [0, 0.1) is 0 Å². The third kappa shape index (κ3) is 8.00. The standard InChI is InChI=1S/C13H17NO3/c1-3-8-14(9-4-2)12-17-13(11-16)7-5-6-10-15/h3-4,6H,1-2,5,7-9,12H2. The summed E-state index contributed by atoms with van der Waals surface area (Å²) >= 11 is 0. The molecule has 0 saturated carbocycles. The molecule has 0 aliphatic carbocycles. The van der Waals surface area contributed by atoms with Gasteiger partial charge in [0, 0.05) is 25.6 Å². The molecule has 0 bridgehead atoms. The van der Waals surface area contributed by atoms with Crippen molar-refractivity contribution in [2.75, 3.05) is 19.8 Å². The molecule has 0 aromatic rings. The van der Waals surface area contributed by atoms with E-state index >= 15 is 0 Å². The summed E-state index contributed by atoms with van der Waals surface area (Å²) in [6, 6.07) is 0. The lowest BCUT2D eigenvalue weighted by Crippen LogP contribution is -2.26. The van der Waals surface area contributed by atoms with Crippen LogP contribution >= 0.6 is 0 Å². The molecule has 0 rings (SSSR count). The highest BCUT2D eigenvalue weighted by Gasteiger charge is 2.04. The van der Waals surface area contributed by atoms with Crippen molar-refractivity contribution >= 4 is 11.9 Å². The zero-order chi connectivity index (χ0) is 12.9. The van der Waals surface area contributed by atoms with E-state index < -0.39 is 0 Å². The summed E-state index contributed by atoms with van der Waals surface area (Å²) in [7, 11) is 0. The molecular formula is C13H17NO3. The average molecular weight is 235 g/mol. The van der Waals surface area contributed by atoms with Gasteiger partial charge >= 0.3 is 0 Å². The Morgan fingerprint density at radius 3 is 2.35 bits per heavy atom. The van der Waals surface area contributed by atoms with Crippen LogP contribution in [0.3, 0.4) is 0 Å². The predicted molar refractivity (Wildman–Crippen MR) is 66.6 cm³/mol. The van der Waals surface area contributed by atoms with Crippen LogP contribution in [-0.4, -0.2) is 36.6 Å². The Labute approximate surface area is 102 Å². The molecule has 0 amide bonds. The Hall–Kier alpha value is -1.86. The van der Waals surface area contributed by atoms with Crippen molar-refractivity contribution in [1.29, 1.82) is 0 Å². The highest BCUT2D eigenvalue weighted by molar-refractivity contribution is 5.50. The van der Waals surface area contributed by atoms with E-state index in [1.54, 1.807) is 24.0 Å². The molecule has 0 spiro atoms. The summed E-state index contributed by atoms with van der Waals surface area (Å²) in [6.07, 6.45) is 5.58. The normalized spacial score (nSPS) is 9.00. The summed E-state index contributed by atoms with van der Waals surface area (Å²) in [5.74, 6) is 3.56. The maximum absolute atomic E-state index is 10.6. The summed E-state index contributed by atoms with van der Waals surface area (Å²) in [4.78, 5) is 22.4. The molecule has 4 heteroatoms. The molecule has 0 radical (unpaired) electrons. The molecule has 0 aliphatic heterocycles. The fourth-order valence-electron chi connectivity index (χ4n) is 1.13. The first-order chi connectivity index (χ1) is 8.28. The fourth-order valence-corrected chi connectivity index (χ4v) is 1.13. The zero-order valence-corrected chi connectivity index (χ0v) is 9.85. The van der Waals surface area contributed by atoms with E-state index in [0.29, 0.717) is 25.9 Å². The number of rotatable bonds is 10. The Balaban J connectivity index is 4.09. The zero-order valence-electron chi connectivity index (χ0n) is 9.85. The van der Waals surface area contributed by atoms with Crippen LogP contribution in [0.5, 0.6) is 0 Å². The van der Waals surface area contributed by atoms with Gasteiger partial charge in [-0.05, 0) is 6.42 Å². The smallest absolute Gasteiger partial charge is 0.181 e. The molecule has 0 aliphatic rings. The first-order valence-electron chi connectivity index (χ1n) is 5.28. The van der Waals surface area contributed by atoms with Gasteiger partial charge in [-0.15, -0.1) is 13.2 Å². The first-order valence-corrected chi connectivity index (χ1v) is 5.28. The van der Waals surface area contributed by atoms with Crippen LogP contribution in [0.2, 0.25) is 0 Å². The van der Waals surface area contributed by atoms with Gasteiger partial charge in [-0.3, -0.25) is 4.90 Å². The molecule has 0 saturated heterocycles. The number of ether oxygens (including phenoxy) is 1. The second kappa shape index (κ2) is 10.7. The third-order valence-corrected chi connectivity index (χ3v) is 1.91. The second-order valence-corrected chi connectivity index (χ2v) is 3.27. The van der Waals surface area contributed by atoms with Gasteiger partial charge in [0.1, 0.15) is 12.7 Å². The fraction of sp³-hybridized carbons (Fsp3) is 0.385. The summed E-state index contributed by atoms with van der Waals surface area (Å²) in [5, 5.41) is 0. The first kappa shape index (κ1) is 15.1. The number of nitrogens with zero attached hydrogens (tertiary/aromatic N) is 1. The topological polar surface area (TPSA) is 46.6 Å². The third-order valence-electron chi connectivity index (χ3n) is 1.91. The highest BCUT2D eigenvalue weighted by atomic mass is 16.5. The molecule has 92 valence electrons. The Kier molecular flexibility index (Phi) is 9.49. The van der Waals surface area contributed by atoms with Crippen LogP contribution in [0.25, 0.3) is 0 Å². The van der Waals surface area contributed by atoms with Crippen LogP contribution in [0.1, 0.15) is 12.8 Å². The average Bonchev–Trinajstić information content (AvgIpc) is 2.34. The van der Waals surface area contributed by atoms with Gasteiger partial charge in [0.15, 0.2) is 11.7 Å². The molecule has 17 heavy (non-hydrogen) atoms. The van der Waals surface area contributed by atoms with Gasteiger partial charge in [-0.1, -0.05) is 12.2 Å². The van der Waals surface area contributed by atoms with Gasteiger partial charge in [-0.25, -0.2) is 9.59 Å². The molecule has 0 atom stereocenters. The lowest BCUT2D eigenvalue weighted by molar-refractivity contribution is 0.0873. The number of hydrogen-bond donors (Lipinski definition) is 0. The van der Waals surface area contributed by atoms with E-state index in [-0.39, 0.29) is 12.5 Å². The van der Waals surface area contributed by atoms with Crippen molar-refractivity contribution < 1.29 is 14.3 Å². The minimum absolute atomic E-state index is 0.203. The van der Waals surface area contributed by atoms with Crippen LogP contribution in [0.4, 0.5) is 0 Å². The minimum atomic E-state index is 0.203. The molecular weight excluding hydrogens is 218 g/mol. The van der Waals surface area contributed by atoms with Gasteiger partial charge in [0.25, 0.3) is 0 Å². The minimum Gasteiger partial charge on any atom is -0.471 e. The summed E-state index contributed by atoms with van der Waals surface area (Å²) in [5.41, 5.74) is 0. The van der Waals surface area contributed by atoms with Crippen LogP contribution in [-0.2, 0) is 14.3 Å². The van der Waals surface area contributed by atoms with E-state index in [1.165, 1.54) is 6.08 Å². The van der Waals surface area contributed by atoms with E-state index in [2.05, 4.69) is 13.2 Å². The molecule has 4 nitrogen and oxygen atoms in total. The number of hydrogen-bond acceptors (Lipinski definition) is 4. The Bertz CT molecular complexity index is 327. The van der Waals surface area contributed by atoms with Gasteiger partial charge < -0.3 is 4.74 Å². The van der Waals surface area contributed by atoms with Gasteiger partial charge in [0.05, 0.1) is 0 Å². The molecule has 0 aromatic heterocycles. The number of carbonyl (C=O) groups excluding carboxylic acids is 2. The van der Waals surface area contributed by atoms with Crippen molar-refractivity contribution in [3.63, 3.8) is 0 Å². The maximum Gasteiger partial charge on any atom is 0.181 e. The quantitative estimate of drug-likeness (QED) is 0.249. The van der Waals surface area contributed by atoms with E-state index in [9.17, 15) is 9.59 Å². The Morgan fingerprint density at radius 2 is 1.88 bits per heavy atom. The van der Waals surface area contributed by atoms with Crippen molar-refractivity contribution in [3.8, 4) is 0 Å². The lowest BCUT2D eigenvalue weighted by atomic mass is 10.3. The molecule has 0 aromatic carbocycles. The van der Waals surface area contributed by atoms with Crippen molar-refractivity contribution in [1.82, 2.24) is 4.90 Å². The van der Waals surface area contributed by atoms with E-state index in [0.717, 1.165) is 0 Å². The lowest BCUT2D eigenvalue weighted by Gasteiger charge is -2.19. The molecule has 0 N–H and O–H groups in total. The van der Waals surface area contributed by atoms with Crippen molar-refractivity contribution in [2.24, 2.45) is 0 Å². The van der Waals surface area contributed by atoms with E-state index in [4.69, 9.17) is 4.74 Å². The maximum atomic E-state index is 10.6. The molecule has 0 unspecified atom stereocenters. The van der Waals surface area contributed by atoms with Gasteiger partial charge in [-0.2, -0.15) is 0 Å². The number of allylic oxidation sites excluding steroid dienone is 2. The van der Waals surface area contributed by atoms with Crippen molar-refractivity contribution in [3.05, 3.63) is 37.1 Å². The van der Waals surface area contributed by atoms with E-state index in [1.807, 2.05) is 4.90 Å². The van der Waals surface area contributed by atoms with Gasteiger partial charge in [0.2, 0.25) is 0 Å². The Morgan fingerprint density at radius 1 is 1.24 bits per heavy atom. The summed E-state index contributed by atoms with van der Waals surface area (Å²) < 4.78 is 5.28. The monoisotopic (exact) mass is 235 g/mol. The molecule has 0 heterocycles. The SMILES string of the molecule is C=CCN(CC=C)COC(=C=O)CCC=C=O.